The molecule has 1 heterocycles. The predicted octanol–water partition coefficient (Wildman–Crippen LogP) is 1.31. The van der Waals surface area contributed by atoms with Gasteiger partial charge in [-0.3, -0.25) is 4.79 Å². The van der Waals surface area contributed by atoms with Gasteiger partial charge in [0.2, 0.25) is 6.23 Å². The van der Waals surface area contributed by atoms with Crippen LogP contribution in [0.25, 0.3) is 10.2 Å². The molecule has 7 heteroatoms. The third-order valence-corrected chi connectivity index (χ3v) is 3.01. The lowest BCUT2D eigenvalue weighted by molar-refractivity contribution is 0.0616. The number of nitrogens with one attached hydrogen (secondary N) is 1. The number of ether oxygens (including phenoxy) is 1. The van der Waals surface area contributed by atoms with Crippen molar-refractivity contribution in [1.29, 1.82) is 5.26 Å². The first kappa shape index (κ1) is 12.4. The second kappa shape index (κ2) is 5.53. The highest BCUT2D eigenvalue weighted by molar-refractivity contribution is 7.13. The van der Waals surface area contributed by atoms with Crippen molar-refractivity contribution in [3.63, 3.8) is 0 Å². The van der Waals surface area contributed by atoms with E-state index in [9.17, 15) is 4.79 Å². The molecule has 0 saturated carbocycles. The lowest BCUT2D eigenvalue weighted by Crippen LogP contribution is -2.35. The number of nitrogens with zero attached hydrogens (tertiary/aromatic N) is 3. The summed E-state index contributed by atoms with van der Waals surface area (Å²) in [5.74, 6) is -0.369. The van der Waals surface area contributed by atoms with E-state index >= 15 is 0 Å². The molecular formula is C11H10N4O2S. The monoisotopic (exact) mass is 262 g/mol. The van der Waals surface area contributed by atoms with Gasteiger partial charge in [0.25, 0.3) is 5.91 Å². The number of carbonyl (C=O) groups excluding carboxylic acids is 1. The quantitative estimate of drug-likeness (QED) is 0.839. The van der Waals surface area contributed by atoms with E-state index in [4.69, 9.17) is 10.00 Å². The molecule has 1 unspecified atom stereocenters. The van der Waals surface area contributed by atoms with Gasteiger partial charge in [-0.05, 0) is 30.6 Å². The molecule has 92 valence electrons. The molecule has 0 aliphatic heterocycles. The van der Waals surface area contributed by atoms with E-state index in [1.54, 1.807) is 25.1 Å². The minimum atomic E-state index is -0.946. The Morgan fingerprint density at radius 3 is 3.22 bits per heavy atom. The molecule has 1 aromatic carbocycles. The first-order chi connectivity index (χ1) is 8.76. The molecule has 0 saturated heterocycles. The topological polar surface area (TPSA) is 87.9 Å². The Balaban J connectivity index is 2.23. The van der Waals surface area contributed by atoms with Gasteiger partial charge >= 0.3 is 0 Å². The summed E-state index contributed by atoms with van der Waals surface area (Å²) in [6, 6.07) is 7.03. The van der Waals surface area contributed by atoms with Gasteiger partial charge in [-0.1, -0.05) is 10.6 Å². The molecule has 18 heavy (non-hydrogen) atoms. The Morgan fingerprint density at radius 1 is 1.67 bits per heavy atom. The summed E-state index contributed by atoms with van der Waals surface area (Å²) in [7, 11) is 0. The summed E-state index contributed by atoms with van der Waals surface area (Å²) in [4.78, 5) is 12.0. The minimum Gasteiger partial charge on any atom is -0.346 e. The molecule has 0 bridgehead atoms. The Kier molecular flexibility index (Phi) is 3.82. The molecule has 0 radical (unpaired) electrons. The van der Waals surface area contributed by atoms with E-state index in [0.29, 0.717) is 22.4 Å². The van der Waals surface area contributed by atoms with Crippen LogP contribution in [0.1, 0.15) is 17.3 Å². The molecule has 1 N–H and O–H groups in total. The molecule has 6 nitrogen and oxygen atoms in total. The van der Waals surface area contributed by atoms with Crippen molar-refractivity contribution < 1.29 is 9.53 Å². The summed E-state index contributed by atoms with van der Waals surface area (Å²) in [6.07, 6.45) is -0.946. The number of carbonyl (C=O) groups is 1. The van der Waals surface area contributed by atoms with Gasteiger partial charge in [0.15, 0.2) is 0 Å². The average Bonchev–Trinajstić information content (AvgIpc) is 2.85. The lowest BCUT2D eigenvalue weighted by atomic mass is 10.2. The summed E-state index contributed by atoms with van der Waals surface area (Å²) in [5.41, 5.74) is 1.11. The second-order valence-electron chi connectivity index (χ2n) is 3.36. The van der Waals surface area contributed by atoms with E-state index in [-0.39, 0.29) is 5.91 Å². The van der Waals surface area contributed by atoms with E-state index < -0.39 is 6.23 Å². The fourth-order valence-electron chi connectivity index (χ4n) is 1.46. The van der Waals surface area contributed by atoms with Crippen LogP contribution in [-0.2, 0) is 4.74 Å². The van der Waals surface area contributed by atoms with Gasteiger partial charge in [-0.2, -0.15) is 5.26 Å². The third kappa shape index (κ3) is 2.45. The van der Waals surface area contributed by atoms with Crippen molar-refractivity contribution in [2.75, 3.05) is 6.61 Å². The maximum absolute atomic E-state index is 12.0. The zero-order valence-electron chi connectivity index (χ0n) is 9.58. The van der Waals surface area contributed by atoms with Crippen molar-refractivity contribution in [3.05, 3.63) is 23.8 Å². The van der Waals surface area contributed by atoms with Crippen LogP contribution < -0.4 is 5.32 Å². The van der Waals surface area contributed by atoms with E-state index in [1.165, 1.54) is 0 Å². The number of nitriles is 1. The highest BCUT2D eigenvalue weighted by Crippen LogP contribution is 2.20. The smallest absolute Gasteiger partial charge is 0.255 e. The predicted molar refractivity (Wildman–Crippen MR) is 65.9 cm³/mol. The first-order valence-corrected chi connectivity index (χ1v) is 6.06. The minimum absolute atomic E-state index is 0.352. The average molecular weight is 262 g/mol. The number of amides is 1. The number of benzene rings is 1. The Bertz CT molecular complexity index is 604. The van der Waals surface area contributed by atoms with Gasteiger partial charge in [-0.15, -0.1) is 5.10 Å². The summed E-state index contributed by atoms with van der Waals surface area (Å²) < 4.78 is 9.55. The van der Waals surface area contributed by atoms with Crippen LogP contribution in [0.2, 0.25) is 0 Å². The fraction of sp³-hybridized carbons (Fsp3) is 0.273. The highest BCUT2D eigenvalue weighted by atomic mass is 32.1. The Hall–Kier alpha value is -2.04. The third-order valence-electron chi connectivity index (χ3n) is 2.23. The van der Waals surface area contributed by atoms with Gasteiger partial charge in [0.1, 0.15) is 11.6 Å². The van der Waals surface area contributed by atoms with Crippen LogP contribution in [0.5, 0.6) is 0 Å². The Morgan fingerprint density at radius 2 is 2.50 bits per heavy atom. The van der Waals surface area contributed by atoms with Crippen LogP contribution in [-0.4, -0.2) is 28.3 Å². The number of fused-ring (bicyclic) bond motifs is 1. The molecule has 0 fully saturated rings. The van der Waals surface area contributed by atoms with Crippen molar-refractivity contribution in [1.82, 2.24) is 14.9 Å². The first-order valence-electron chi connectivity index (χ1n) is 5.29. The van der Waals surface area contributed by atoms with Crippen LogP contribution in [0.3, 0.4) is 0 Å². The van der Waals surface area contributed by atoms with Crippen molar-refractivity contribution >= 4 is 27.7 Å². The molecule has 1 amide bonds. The van der Waals surface area contributed by atoms with Crippen LogP contribution in [0, 0.1) is 11.3 Å². The molecular weight excluding hydrogens is 252 g/mol. The fourth-order valence-corrected chi connectivity index (χ4v) is 2.13. The van der Waals surface area contributed by atoms with Crippen LogP contribution in [0.4, 0.5) is 0 Å². The van der Waals surface area contributed by atoms with Crippen molar-refractivity contribution in [2.24, 2.45) is 0 Å². The van der Waals surface area contributed by atoms with Gasteiger partial charge in [-0.25, -0.2) is 0 Å². The highest BCUT2D eigenvalue weighted by Gasteiger charge is 2.16. The van der Waals surface area contributed by atoms with E-state index in [1.807, 2.05) is 6.07 Å². The summed E-state index contributed by atoms with van der Waals surface area (Å²) in [6.45, 7) is 2.11. The van der Waals surface area contributed by atoms with E-state index in [2.05, 4.69) is 14.9 Å². The molecule has 1 atom stereocenters. The second-order valence-corrected chi connectivity index (χ2v) is 4.12. The van der Waals surface area contributed by atoms with Crippen molar-refractivity contribution in [3.8, 4) is 6.07 Å². The standard InChI is InChI=1S/C11H10N4O2S/c1-2-17-9(6-12)13-11(16)7-4-3-5-8-10(7)18-15-14-8/h3-5,9H,2H2,1H3,(H,13,16). The largest absolute Gasteiger partial charge is 0.346 e. The number of hydrogen-bond donors (Lipinski definition) is 1. The van der Waals surface area contributed by atoms with Crippen LogP contribution >= 0.6 is 11.5 Å². The van der Waals surface area contributed by atoms with Gasteiger partial charge < -0.3 is 10.1 Å². The lowest BCUT2D eigenvalue weighted by Gasteiger charge is -2.11. The van der Waals surface area contributed by atoms with Gasteiger partial charge in [0, 0.05) is 6.61 Å². The van der Waals surface area contributed by atoms with Crippen LogP contribution in [0.15, 0.2) is 18.2 Å². The molecule has 2 aromatic rings. The molecule has 2 rings (SSSR count). The summed E-state index contributed by atoms with van der Waals surface area (Å²) >= 11 is 1.14. The zero-order chi connectivity index (χ0) is 13.0. The van der Waals surface area contributed by atoms with E-state index in [0.717, 1.165) is 11.5 Å². The van der Waals surface area contributed by atoms with Crippen molar-refractivity contribution in [2.45, 2.75) is 13.2 Å². The zero-order valence-corrected chi connectivity index (χ0v) is 10.4. The normalized spacial score (nSPS) is 12.0. The SMILES string of the molecule is CCOC(C#N)NC(=O)c1cccc2nnsc12. The number of aromatic nitrogens is 2. The number of hydrogen-bond acceptors (Lipinski definition) is 6. The molecule has 1 aromatic heterocycles. The van der Waals surface area contributed by atoms with Gasteiger partial charge in [0.05, 0.1) is 10.3 Å². The maximum Gasteiger partial charge on any atom is 0.255 e. The molecule has 0 aliphatic carbocycles. The molecule has 0 spiro atoms. The molecule has 0 aliphatic rings. The Labute approximate surface area is 107 Å². The summed E-state index contributed by atoms with van der Waals surface area (Å²) in [5, 5.41) is 15.2. The maximum atomic E-state index is 12.0. The number of rotatable bonds is 4.